The average Bonchev–Trinajstić information content (AvgIpc) is 2.73. The van der Waals surface area contributed by atoms with Crippen molar-refractivity contribution >= 4 is 17.6 Å². The molecule has 2 aromatic carbocycles. The van der Waals surface area contributed by atoms with Crippen molar-refractivity contribution in [2.75, 3.05) is 26.0 Å². The molecule has 0 bridgehead atoms. The summed E-state index contributed by atoms with van der Waals surface area (Å²) < 4.78 is 11.2. The number of methoxy groups -OCH3 is 1. The van der Waals surface area contributed by atoms with Crippen molar-refractivity contribution in [2.45, 2.75) is 38.8 Å². The van der Waals surface area contributed by atoms with Crippen LogP contribution in [-0.2, 0) is 11.3 Å². The summed E-state index contributed by atoms with van der Waals surface area (Å²) in [6.07, 6.45) is 3.08. The molecule has 2 aromatic rings. The number of hydrogen-bond donors (Lipinski definition) is 3. The standard InChI is InChI=1S/C24H32N4O3/c1-17(31-22-12-6-11-21(14-22)30-3)15-26-24(25-2)27-16-18-7-4-10-20(13-18)28-23(29)19-8-5-9-19/h4,6-7,10-14,17,19H,5,8-9,15-16H2,1-3H3,(H,28,29)(H2,25,26,27). The van der Waals surface area contributed by atoms with Crippen molar-refractivity contribution in [1.82, 2.24) is 10.6 Å². The van der Waals surface area contributed by atoms with Gasteiger partial charge in [-0.25, -0.2) is 0 Å². The minimum atomic E-state index is -0.0595. The average molecular weight is 425 g/mol. The van der Waals surface area contributed by atoms with Crippen molar-refractivity contribution in [2.24, 2.45) is 10.9 Å². The first-order valence-electron chi connectivity index (χ1n) is 10.7. The molecule has 7 heteroatoms. The second-order valence-electron chi connectivity index (χ2n) is 7.73. The van der Waals surface area contributed by atoms with Gasteiger partial charge in [-0.3, -0.25) is 9.79 Å². The van der Waals surface area contributed by atoms with E-state index in [1.54, 1.807) is 14.2 Å². The summed E-state index contributed by atoms with van der Waals surface area (Å²) >= 11 is 0. The molecule has 0 heterocycles. The summed E-state index contributed by atoms with van der Waals surface area (Å²) in [5.41, 5.74) is 1.90. The number of guanidine groups is 1. The maximum atomic E-state index is 12.2. The van der Waals surface area contributed by atoms with E-state index in [1.807, 2.05) is 55.5 Å². The molecule has 1 unspecified atom stereocenters. The molecular formula is C24H32N4O3. The van der Waals surface area contributed by atoms with Gasteiger partial charge in [-0.15, -0.1) is 0 Å². The lowest BCUT2D eigenvalue weighted by atomic mass is 9.85. The summed E-state index contributed by atoms with van der Waals surface area (Å²) in [5, 5.41) is 9.60. The lowest BCUT2D eigenvalue weighted by Gasteiger charge is -2.24. The Morgan fingerprint density at radius 1 is 1.13 bits per heavy atom. The van der Waals surface area contributed by atoms with Crippen molar-refractivity contribution < 1.29 is 14.3 Å². The first-order chi connectivity index (χ1) is 15.1. The van der Waals surface area contributed by atoms with Crippen LogP contribution in [0, 0.1) is 5.92 Å². The van der Waals surface area contributed by atoms with Crippen molar-refractivity contribution in [1.29, 1.82) is 0 Å². The zero-order valence-corrected chi connectivity index (χ0v) is 18.5. The fraction of sp³-hybridized carbons (Fsp3) is 0.417. The Labute approximate surface area is 184 Å². The summed E-state index contributed by atoms with van der Waals surface area (Å²) in [5.74, 6) is 2.51. The largest absolute Gasteiger partial charge is 0.497 e. The number of carbonyl (C=O) groups excluding carboxylic acids is 1. The molecule has 1 aliphatic carbocycles. The smallest absolute Gasteiger partial charge is 0.227 e. The molecule has 3 N–H and O–H groups in total. The van der Waals surface area contributed by atoms with Gasteiger partial charge < -0.3 is 25.4 Å². The summed E-state index contributed by atoms with van der Waals surface area (Å²) in [7, 11) is 3.37. The van der Waals surface area contributed by atoms with E-state index >= 15 is 0 Å². The molecule has 1 atom stereocenters. The van der Waals surface area contributed by atoms with Crippen LogP contribution >= 0.6 is 0 Å². The van der Waals surface area contributed by atoms with E-state index in [1.165, 1.54) is 0 Å². The quantitative estimate of drug-likeness (QED) is 0.423. The van der Waals surface area contributed by atoms with E-state index in [0.717, 1.165) is 42.0 Å². The summed E-state index contributed by atoms with van der Waals surface area (Å²) in [4.78, 5) is 16.4. The zero-order chi connectivity index (χ0) is 22.1. The number of nitrogens with one attached hydrogen (secondary N) is 3. The fourth-order valence-corrected chi connectivity index (χ4v) is 3.27. The highest BCUT2D eigenvalue weighted by Crippen LogP contribution is 2.27. The molecule has 0 saturated heterocycles. The molecule has 1 amide bonds. The van der Waals surface area contributed by atoms with Crippen LogP contribution in [-0.4, -0.2) is 38.7 Å². The van der Waals surface area contributed by atoms with Gasteiger partial charge in [0.2, 0.25) is 5.91 Å². The predicted octanol–water partition coefficient (Wildman–Crippen LogP) is 3.57. The van der Waals surface area contributed by atoms with Crippen molar-refractivity contribution in [3.63, 3.8) is 0 Å². The molecule has 0 radical (unpaired) electrons. The van der Waals surface area contributed by atoms with E-state index in [4.69, 9.17) is 9.47 Å². The number of anilines is 1. The Kier molecular flexibility index (Phi) is 8.15. The Balaban J connectivity index is 1.44. The Bertz CT molecular complexity index is 896. The highest BCUT2D eigenvalue weighted by atomic mass is 16.5. The van der Waals surface area contributed by atoms with Gasteiger partial charge in [0.25, 0.3) is 0 Å². The second-order valence-corrected chi connectivity index (χ2v) is 7.73. The number of hydrogen-bond acceptors (Lipinski definition) is 4. The van der Waals surface area contributed by atoms with E-state index in [0.29, 0.717) is 19.0 Å². The molecule has 1 saturated carbocycles. The topological polar surface area (TPSA) is 84.0 Å². The van der Waals surface area contributed by atoms with Crippen LogP contribution in [0.25, 0.3) is 0 Å². The molecule has 1 aliphatic rings. The third-order valence-electron chi connectivity index (χ3n) is 5.29. The second kappa shape index (κ2) is 11.2. The van der Waals surface area contributed by atoms with Gasteiger partial charge in [0, 0.05) is 31.3 Å². The molecule has 166 valence electrons. The minimum absolute atomic E-state index is 0.0595. The molecule has 0 aliphatic heterocycles. The van der Waals surface area contributed by atoms with Gasteiger partial charge in [-0.1, -0.05) is 24.6 Å². The third-order valence-corrected chi connectivity index (χ3v) is 5.29. The maximum absolute atomic E-state index is 12.2. The number of ether oxygens (including phenoxy) is 2. The minimum Gasteiger partial charge on any atom is -0.497 e. The summed E-state index contributed by atoms with van der Waals surface area (Å²) in [6, 6.07) is 15.4. The Morgan fingerprint density at radius 3 is 2.61 bits per heavy atom. The van der Waals surface area contributed by atoms with Crippen LogP contribution in [0.1, 0.15) is 31.7 Å². The third kappa shape index (κ3) is 6.91. The number of carbonyl (C=O) groups is 1. The Morgan fingerprint density at radius 2 is 1.90 bits per heavy atom. The van der Waals surface area contributed by atoms with Gasteiger partial charge >= 0.3 is 0 Å². The van der Waals surface area contributed by atoms with Gasteiger partial charge in [0.15, 0.2) is 5.96 Å². The molecular weight excluding hydrogens is 392 g/mol. The highest BCUT2D eigenvalue weighted by Gasteiger charge is 2.25. The van der Waals surface area contributed by atoms with Crippen LogP contribution in [0.4, 0.5) is 5.69 Å². The van der Waals surface area contributed by atoms with E-state index in [-0.39, 0.29) is 17.9 Å². The lowest BCUT2D eigenvalue weighted by Crippen LogP contribution is -2.41. The molecule has 0 spiro atoms. The van der Waals surface area contributed by atoms with Crippen LogP contribution in [0.3, 0.4) is 0 Å². The Hall–Kier alpha value is -3.22. The number of nitrogens with zero attached hydrogens (tertiary/aromatic N) is 1. The highest BCUT2D eigenvalue weighted by molar-refractivity contribution is 5.93. The monoisotopic (exact) mass is 424 g/mol. The normalized spacial score (nSPS) is 14.9. The van der Waals surface area contributed by atoms with Crippen LogP contribution in [0.5, 0.6) is 11.5 Å². The SMILES string of the molecule is CN=C(NCc1cccc(NC(=O)C2CCC2)c1)NCC(C)Oc1cccc(OC)c1. The first-order valence-corrected chi connectivity index (χ1v) is 10.7. The van der Waals surface area contributed by atoms with E-state index in [2.05, 4.69) is 20.9 Å². The first kappa shape index (κ1) is 22.5. The van der Waals surface area contributed by atoms with Gasteiger partial charge in [0.05, 0.1) is 13.7 Å². The molecule has 0 aromatic heterocycles. The maximum Gasteiger partial charge on any atom is 0.227 e. The fourth-order valence-electron chi connectivity index (χ4n) is 3.27. The zero-order valence-electron chi connectivity index (χ0n) is 18.5. The van der Waals surface area contributed by atoms with E-state index < -0.39 is 0 Å². The van der Waals surface area contributed by atoms with Crippen molar-refractivity contribution in [3.8, 4) is 11.5 Å². The van der Waals surface area contributed by atoms with Crippen LogP contribution < -0.4 is 25.4 Å². The molecule has 1 fully saturated rings. The lowest BCUT2D eigenvalue weighted by molar-refractivity contribution is -0.122. The van der Waals surface area contributed by atoms with E-state index in [9.17, 15) is 4.79 Å². The van der Waals surface area contributed by atoms with Crippen LogP contribution in [0.15, 0.2) is 53.5 Å². The molecule has 7 nitrogen and oxygen atoms in total. The van der Waals surface area contributed by atoms with Crippen molar-refractivity contribution in [3.05, 3.63) is 54.1 Å². The number of benzene rings is 2. The number of rotatable bonds is 9. The predicted molar refractivity (Wildman–Crippen MR) is 124 cm³/mol. The number of amides is 1. The molecule has 31 heavy (non-hydrogen) atoms. The van der Waals surface area contributed by atoms with Crippen LogP contribution in [0.2, 0.25) is 0 Å². The van der Waals surface area contributed by atoms with Gasteiger partial charge in [-0.2, -0.15) is 0 Å². The number of aliphatic imine (C=N–C) groups is 1. The molecule has 3 rings (SSSR count). The van der Waals surface area contributed by atoms with Gasteiger partial charge in [0.1, 0.15) is 17.6 Å². The van der Waals surface area contributed by atoms with Gasteiger partial charge in [-0.05, 0) is 49.6 Å². The summed E-state index contributed by atoms with van der Waals surface area (Å²) in [6.45, 7) is 3.18.